The van der Waals surface area contributed by atoms with E-state index in [2.05, 4.69) is 16.0 Å². The van der Waals surface area contributed by atoms with Gasteiger partial charge in [-0.1, -0.05) is 0 Å². The van der Waals surface area contributed by atoms with Crippen LogP contribution in [0.15, 0.2) is 18.2 Å². The zero-order chi connectivity index (χ0) is 15.2. The van der Waals surface area contributed by atoms with Gasteiger partial charge in [-0.3, -0.25) is 9.59 Å². The molecule has 114 valence electrons. The van der Waals surface area contributed by atoms with Crippen molar-refractivity contribution in [1.29, 1.82) is 0 Å². The van der Waals surface area contributed by atoms with Gasteiger partial charge in [0.2, 0.25) is 5.91 Å². The number of anilines is 2. The van der Waals surface area contributed by atoms with Gasteiger partial charge in [0.25, 0.3) is 5.91 Å². The van der Waals surface area contributed by atoms with E-state index in [1.165, 1.54) is 14.0 Å². The summed E-state index contributed by atoms with van der Waals surface area (Å²) >= 11 is 0. The Morgan fingerprint density at radius 1 is 1.38 bits per heavy atom. The van der Waals surface area contributed by atoms with E-state index < -0.39 is 6.10 Å². The molecule has 7 heteroatoms. The van der Waals surface area contributed by atoms with Crippen LogP contribution in [0.2, 0.25) is 0 Å². The quantitative estimate of drug-likeness (QED) is 0.756. The first-order valence-corrected chi connectivity index (χ1v) is 6.69. The molecule has 1 heterocycles. The molecule has 0 aromatic heterocycles. The van der Waals surface area contributed by atoms with Gasteiger partial charge in [-0.15, -0.1) is 0 Å². The summed E-state index contributed by atoms with van der Waals surface area (Å²) in [5.41, 5.74) is 1.14. The van der Waals surface area contributed by atoms with Crippen LogP contribution in [-0.4, -0.2) is 44.7 Å². The summed E-state index contributed by atoms with van der Waals surface area (Å²) in [4.78, 5) is 23.1. The lowest BCUT2D eigenvalue weighted by atomic mass is 10.2. The van der Waals surface area contributed by atoms with Crippen LogP contribution in [-0.2, 0) is 14.3 Å². The molecule has 2 amide bonds. The van der Waals surface area contributed by atoms with Gasteiger partial charge in [-0.25, -0.2) is 0 Å². The summed E-state index contributed by atoms with van der Waals surface area (Å²) in [7, 11) is 1.50. The highest BCUT2D eigenvalue weighted by Gasteiger charge is 2.22. The second kappa shape index (κ2) is 7.05. The number of carbonyl (C=O) groups excluding carboxylic acids is 2. The zero-order valence-electron chi connectivity index (χ0n) is 12.1. The second-order valence-corrected chi connectivity index (χ2v) is 4.65. The van der Waals surface area contributed by atoms with Crippen LogP contribution in [0.5, 0.6) is 5.75 Å². The lowest BCUT2D eigenvalue weighted by Crippen LogP contribution is -2.45. The SMILES string of the molecule is COc1cc(NC(=O)C2CNCCO2)ccc1NC(C)=O. The minimum Gasteiger partial charge on any atom is -0.494 e. The Balaban J connectivity index is 2.06. The molecule has 1 unspecified atom stereocenters. The van der Waals surface area contributed by atoms with Crippen LogP contribution in [0.4, 0.5) is 11.4 Å². The monoisotopic (exact) mass is 293 g/mol. The van der Waals surface area contributed by atoms with Crippen molar-refractivity contribution >= 4 is 23.2 Å². The van der Waals surface area contributed by atoms with E-state index >= 15 is 0 Å². The van der Waals surface area contributed by atoms with Gasteiger partial charge in [0.1, 0.15) is 11.9 Å². The molecule has 1 atom stereocenters. The maximum Gasteiger partial charge on any atom is 0.254 e. The molecule has 1 aromatic carbocycles. The summed E-state index contributed by atoms with van der Waals surface area (Å²) in [5.74, 6) is 0.0778. The molecule has 3 N–H and O–H groups in total. The lowest BCUT2D eigenvalue weighted by Gasteiger charge is -2.22. The van der Waals surface area contributed by atoms with Crippen molar-refractivity contribution in [1.82, 2.24) is 5.32 Å². The first-order valence-electron chi connectivity index (χ1n) is 6.69. The third-order valence-corrected chi connectivity index (χ3v) is 3.00. The fourth-order valence-electron chi connectivity index (χ4n) is 2.02. The third-order valence-electron chi connectivity index (χ3n) is 3.00. The Morgan fingerprint density at radius 3 is 2.81 bits per heavy atom. The standard InChI is InChI=1S/C14H19N3O4/c1-9(18)16-11-4-3-10(7-12(11)20-2)17-14(19)13-8-15-5-6-21-13/h3-4,7,13,15H,5-6,8H2,1-2H3,(H,16,18)(H,17,19). The molecular weight excluding hydrogens is 274 g/mol. The summed E-state index contributed by atoms with van der Waals surface area (Å²) in [6.07, 6.45) is -0.500. The fraction of sp³-hybridized carbons (Fsp3) is 0.429. The Kier molecular flexibility index (Phi) is 5.13. The highest BCUT2D eigenvalue weighted by molar-refractivity contribution is 5.96. The summed E-state index contributed by atoms with van der Waals surface area (Å²) < 4.78 is 10.6. The maximum absolute atomic E-state index is 12.0. The number of amides is 2. The van der Waals surface area contributed by atoms with Crippen LogP contribution < -0.4 is 20.7 Å². The highest BCUT2D eigenvalue weighted by Crippen LogP contribution is 2.28. The molecule has 0 saturated carbocycles. The van der Waals surface area contributed by atoms with Gasteiger partial charge in [-0.2, -0.15) is 0 Å². The average Bonchev–Trinajstić information content (AvgIpc) is 2.49. The Bertz CT molecular complexity index is 527. The van der Waals surface area contributed by atoms with Crippen molar-refractivity contribution in [2.75, 3.05) is 37.4 Å². The van der Waals surface area contributed by atoms with Gasteiger partial charge in [0.15, 0.2) is 0 Å². The number of nitrogens with one attached hydrogen (secondary N) is 3. The van der Waals surface area contributed by atoms with E-state index in [0.29, 0.717) is 30.3 Å². The molecule has 1 fully saturated rings. The molecule has 1 aliphatic rings. The Hall–Kier alpha value is -2.12. The van der Waals surface area contributed by atoms with E-state index in [4.69, 9.17) is 9.47 Å². The molecule has 0 radical (unpaired) electrons. The first kappa shape index (κ1) is 15.3. The van der Waals surface area contributed by atoms with Crippen LogP contribution in [0, 0.1) is 0 Å². The van der Waals surface area contributed by atoms with Gasteiger partial charge in [-0.05, 0) is 12.1 Å². The summed E-state index contributed by atoms with van der Waals surface area (Å²) in [5, 5.41) is 8.52. The zero-order valence-corrected chi connectivity index (χ0v) is 12.1. The molecule has 1 saturated heterocycles. The van der Waals surface area contributed by atoms with E-state index in [0.717, 1.165) is 6.54 Å². The van der Waals surface area contributed by atoms with Crippen LogP contribution in [0.25, 0.3) is 0 Å². The number of methoxy groups -OCH3 is 1. The van der Waals surface area contributed by atoms with Gasteiger partial charge in [0.05, 0.1) is 19.4 Å². The fourth-order valence-corrected chi connectivity index (χ4v) is 2.02. The Labute approximate surface area is 123 Å². The number of hydrogen-bond acceptors (Lipinski definition) is 5. The third kappa shape index (κ3) is 4.17. The molecule has 0 aliphatic carbocycles. The van der Waals surface area contributed by atoms with Gasteiger partial charge >= 0.3 is 0 Å². The maximum atomic E-state index is 12.0. The van der Waals surface area contributed by atoms with Crippen LogP contribution >= 0.6 is 0 Å². The van der Waals surface area contributed by atoms with E-state index in [-0.39, 0.29) is 11.8 Å². The predicted molar refractivity (Wildman–Crippen MR) is 78.5 cm³/mol. The molecule has 21 heavy (non-hydrogen) atoms. The van der Waals surface area contributed by atoms with Crippen LogP contribution in [0.3, 0.4) is 0 Å². The van der Waals surface area contributed by atoms with Crippen molar-refractivity contribution in [3.8, 4) is 5.75 Å². The van der Waals surface area contributed by atoms with Crippen molar-refractivity contribution in [3.05, 3.63) is 18.2 Å². The van der Waals surface area contributed by atoms with E-state index in [1.54, 1.807) is 18.2 Å². The molecule has 2 rings (SSSR count). The number of rotatable bonds is 4. The number of ether oxygens (including phenoxy) is 2. The van der Waals surface area contributed by atoms with Crippen molar-refractivity contribution in [2.24, 2.45) is 0 Å². The van der Waals surface area contributed by atoms with Crippen LogP contribution in [0.1, 0.15) is 6.92 Å². The summed E-state index contributed by atoms with van der Waals surface area (Å²) in [6.45, 7) is 3.18. The Morgan fingerprint density at radius 2 is 2.19 bits per heavy atom. The summed E-state index contributed by atoms with van der Waals surface area (Å²) in [6, 6.07) is 5.03. The van der Waals surface area contributed by atoms with Gasteiger partial charge in [0, 0.05) is 31.8 Å². The van der Waals surface area contributed by atoms with E-state index in [9.17, 15) is 9.59 Å². The van der Waals surface area contributed by atoms with Gasteiger partial charge < -0.3 is 25.4 Å². The average molecular weight is 293 g/mol. The largest absolute Gasteiger partial charge is 0.494 e. The number of benzene rings is 1. The minimum absolute atomic E-state index is 0.188. The predicted octanol–water partition coefficient (Wildman–Crippen LogP) is 0.580. The first-order chi connectivity index (χ1) is 10.1. The normalized spacial score (nSPS) is 17.9. The van der Waals surface area contributed by atoms with E-state index in [1.807, 2.05) is 0 Å². The minimum atomic E-state index is -0.500. The smallest absolute Gasteiger partial charge is 0.254 e. The molecule has 1 aromatic rings. The van der Waals surface area contributed by atoms with Crippen molar-refractivity contribution < 1.29 is 19.1 Å². The molecule has 0 spiro atoms. The molecular formula is C14H19N3O4. The van der Waals surface area contributed by atoms with Crippen molar-refractivity contribution in [3.63, 3.8) is 0 Å². The molecule has 7 nitrogen and oxygen atoms in total. The molecule has 1 aliphatic heterocycles. The lowest BCUT2D eigenvalue weighted by molar-refractivity contribution is -0.128. The number of hydrogen-bond donors (Lipinski definition) is 3. The number of carbonyl (C=O) groups is 2. The topological polar surface area (TPSA) is 88.7 Å². The number of morpholine rings is 1. The highest BCUT2D eigenvalue weighted by atomic mass is 16.5. The molecule has 0 bridgehead atoms. The second-order valence-electron chi connectivity index (χ2n) is 4.65. The van der Waals surface area contributed by atoms with Crippen molar-refractivity contribution in [2.45, 2.75) is 13.0 Å².